The second-order valence-corrected chi connectivity index (χ2v) is 9.62. The van der Waals surface area contributed by atoms with Crippen LogP contribution < -0.4 is 15.5 Å². The smallest absolute Gasteiger partial charge is 0.177 e. The molecule has 154 valence electrons. The van der Waals surface area contributed by atoms with E-state index in [1.807, 2.05) is 31.2 Å². The van der Waals surface area contributed by atoms with E-state index in [9.17, 15) is 8.42 Å². The van der Waals surface area contributed by atoms with Crippen LogP contribution in [-0.4, -0.2) is 40.9 Å². The maximum atomic E-state index is 12.3. The first kappa shape index (κ1) is 23.1. The zero-order valence-electron chi connectivity index (χ0n) is 15.7. The van der Waals surface area contributed by atoms with E-state index < -0.39 is 9.84 Å². The fraction of sp³-hybridized carbons (Fsp3) is 0.368. The maximum absolute atomic E-state index is 12.3. The summed E-state index contributed by atoms with van der Waals surface area (Å²) in [6, 6.07) is 10.6. The van der Waals surface area contributed by atoms with Crippen LogP contribution in [0.3, 0.4) is 0 Å². The van der Waals surface area contributed by atoms with E-state index >= 15 is 0 Å². The Morgan fingerprint density at radius 2 is 1.68 bits per heavy atom. The molecule has 0 radical (unpaired) electrons. The predicted octanol–water partition coefficient (Wildman–Crippen LogP) is 4.40. The Morgan fingerprint density at radius 3 is 2.25 bits per heavy atom. The van der Waals surface area contributed by atoms with Gasteiger partial charge in [0, 0.05) is 54.2 Å². The average Bonchev–Trinajstić information content (AvgIpc) is 2.60. The summed E-state index contributed by atoms with van der Waals surface area (Å²) in [5.41, 5.74) is 2.47. The normalized spacial score (nSPS) is 15.6. The molecule has 0 aromatic heterocycles. The van der Waals surface area contributed by atoms with E-state index in [2.05, 4.69) is 15.5 Å². The summed E-state index contributed by atoms with van der Waals surface area (Å²) in [6.07, 6.45) is 1.22. The van der Waals surface area contributed by atoms with Crippen LogP contribution in [0, 0.1) is 0 Å². The molecule has 0 amide bonds. The standard InChI is InChI=1S/C19H23Cl2N3O2S.ClH/c1-13(14-9-15(20)11-16(21)10-14)23-18-12-17(24-7-5-22-6-8-24)3-4-19(18)27(2,25)26;/h3-4,9-13,22-23H,5-8H2,1-2H3;1H. The number of hydrogen-bond donors (Lipinski definition) is 2. The molecule has 28 heavy (non-hydrogen) atoms. The van der Waals surface area contributed by atoms with Gasteiger partial charge in [-0.3, -0.25) is 0 Å². The Hall–Kier alpha value is -1.18. The summed E-state index contributed by atoms with van der Waals surface area (Å²) in [4.78, 5) is 2.52. The zero-order valence-corrected chi connectivity index (χ0v) is 18.9. The van der Waals surface area contributed by atoms with Crippen LogP contribution in [0.2, 0.25) is 10.0 Å². The van der Waals surface area contributed by atoms with Gasteiger partial charge in [0.2, 0.25) is 0 Å². The molecule has 1 unspecified atom stereocenters. The van der Waals surface area contributed by atoms with E-state index in [-0.39, 0.29) is 23.3 Å². The number of anilines is 2. The number of rotatable bonds is 5. The fourth-order valence-corrected chi connectivity index (χ4v) is 4.59. The van der Waals surface area contributed by atoms with Gasteiger partial charge >= 0.3 is 0 Å². The largest absolute Gasteiger partial charge is 0.377 e. The predicted molar refractivity (Wildman–Crippen MR) is 120 cm³/mol. The number of hydrogen-bond acceptors (Lipinski definition) is 5. The molecule has 1 fully saturated rings. The number of nitrogens with one attached hydrogen (secondary N) is 2. The third-order valence-electron chi connectivity index (χ3n) is 4.60. The summed E-state index contributed by atoms with van der Waals surface area (Å²) >= 11 is 12.2. The third kappa shape index (κ3) is 5.67. The minimum absolute atomic E-state index is 0. The van der Waals surface area contributed by atoms with Gasteiger partial charge < -0.3 is 15.5 Å². The van der Waals surface area contributed by atoms with Gasteiger partial charge in [-0.15, -0.1) is 12.4 Å². The number of halogens is 3. The molecule has 1 saturated heterocycles. The van der Waals surface area contributed by atoms with Gasteiger partial charge in [0.1, 0.15) is 0 Å². The van der Waals surface area contributed by atoms with Crippen molar-refractivity contribution in [2.75, 3.05) is 42.7 Å². The first-order chi connectivity index (χ1) is 12.7. The molecule has 0 bridgehead atoms. The highest BCUT2D eigenvalue weighted by molar-refractivity contribution is 7.90. The number of benzene rings is 2. The molecule has 9 heteroatoms. The van der Waals surface area contributed by atoms with E-state index in [0.29, 0.717) is 15.7 Å². The van der Waals surface area contributed by atoms with Gasteiger partial charge in [-0.2, -0.15) is 0 Å². The lowest BCUT2D eigenvalue weighted by molar-refractivity contribution is 0.589. The Morgan fingerprint density at radius 1 is 1.07 bits per heavy atom. The molecule has 1 aliphatic heterocycles. The fourth-order valence-electron chi connectivity index (χ4n) is 3.22. The Kier molecular flexibility index (Phi) is 7.88. The molecule has 2 aromatic carbocycles. The molecular formula is C19H24Cl3N3O2S. The quantitative estimate of drug-likeness (QED) is 0.687. The highest BCUT2D eigenvalue weighted by atomic mass is 35.5. The topological polar surface area (TPSA) is 61.4 Å². The van der Waals surface area contributed by atoms with Crippen molar-refractivity contribution >= 4 is 56.8 Å². The SMILES string of the molecule is CC(Nc1cc(N2CCNCC2)ccc1S(C)(=O)=O)c1cc(Cl)cc(Cl)c1.Cl. The van der Waals surface area contributed by atoms with E-state index in [4.69, 9.17) is 23.2 Å². The Labute approximate surface area is 182 Å². The second-order valence-electron chi connectivity index (χ2n) is 6.76. The number of piperazine rings is 1. The van der Waals surface area contributed by atoms with E-state index in [1.165, 1.54) is 6.26 Å². The average molecular weight is 465 g/mol. The van der Waals surface area contributed by atoms with Crippen LogP contribution in [0.1, 0.15) is 18.5 Å². The van der Waals surface area contributed by atoms with Gasteiger partial charge in [-0.1, -0.05) is 23.2 Å². The van der Waals surface area contributed by atoms with Crippen molar-refractivity contribution in [1.29, 1.82) is 0 Å². The third-order valence-corrected chi connectivity index (χ3v) is 6.19. The molecule has 0 aliphatic carbocycles. The summed E-state index contributed by atoms with van der Waals surface area (Å²) < 4.78 is 24.5. The lowest BCUT2D eigenvalue weighted by Gasteiger charge is -2.30. The van der Waals surface area contributed by atoms with Gasteiger partial charge in [0.25, 0.3) is 0 Å². The van der Waals surface area contributed by atoms with Crippen molar-refractivity contribution in [3.8, 4) is 0 Å². The molecule has 1 atom stereocenters. The summed E-state index contributed by atoms with van der Waals surface area (Å²) in [7, 11) is -3.37. The molecule has 2 aromatic rings. The van der Waals surface area contributed by atoms with Crippen molar-refractivity contribution in [1.82, 2.24) is 5.32 Å². The zero-order chi connectivity index (χ0) is 19.6. The van der Waals surface area contributed by atoms with Crippen LogP contribution in [0.15, 0.2) is 41.3 Å². The minimum atomic E-state index is -3.37. The second kappa shape index (κ2) is 9.55. The summed E-state index contributed by atoms with van der Waals surface area (Å²) in [6.45, 7) is 5.54. The summed E-state index contributed by atoms with van der Waals surface area (Å²) in [5.74, 6) is 0. The monoisotopic (exact) mass is 463 g/mol. The van der Waals surface area contributed by atoms with Crippen LogP contribution in [0.5, 0.6) is 0 Å². The molecule has 0 spiro atoms. The van der Waals surface area contributed by atoms with E-state index in [0.717, 1.165) is 37.4 Å². The Bertz CT molecular complexity index is 912. The van der Waals surface area contributed by atoms with Gasteiger partial charge in [-0.25, -0.2) is 8.42 Å². The van der Waals surface area contributed by atoms with Crippen LogP contribution in [0.4, 0.5) is 11.4 Å². The van der Waals surface area contributed by atoms with Crippen LogP contribution in [-0.2, 0) is 9.84 Å². The van der Waals surface area contributed by atoms with Gasteiger partial charge in [-0.05, 0) is 48.9 Å². The molecule has 5 nitrogen and oxygen atoms in total. The molecule has 2 N–H and O–H groups in total. The number of nitrogens with zero attached hydrogens (tertiary/aromatic N) is 1. The maximum Gasteiger partial charge on any atom is 0.177 e. The molecule has 1 aliphatic rings. The number of sulfone groups is 1. The van der Waals surface area contributed by atoms with Crippen molar-refractivity contribution in [3.05, 3.63) is 52.0 Å². The van der Waals surface area contributed by atoms with Crippen molar-refractivity contribution in [2.45, 2.75) is 17.9 Å². The van der Waals surface area contributed by atoms with Gasteiger partial charge in [0.15, 0.2) is 9.84 Å². The molecular weight excluding hydrogens is 441 g/mol. The van der Waals surface area contributed by atoms with Crippen molar-refractivity contribution in [2.24, 2.45) is 0 Å². The minimum Gasteiger partial charge on any atom is -0.377 e. The first-order valence-electron chi connectivity index (χ1n) is 8.76. The highest BCUT2D eigenvalue weighted by Gasteiger charge is 2.19. The molecule has 0 saturated carbocycles. The molecule has 1 heterocycles. The van der Waals surface area contributed by atoms with Crippen molar-refractivity contribution in [3.63, 3.8) is 0 Å². The first-order valence-corrected chi connectivity index (χ1v) is 11.4. The summed E-state index contributed by atoms with van der Waals surface area (Å²) in [5, 5.41) is 7.74. The van der Waals surface area contributed by atoms with E-state index in [1.54, 1.807) is 12.1 Å². The van der Waals surface area contributed by atoms with Gasteiger partial charge in [0.05, 0.1) is 10.6 Å². The van der Waals surface area contributed by atoms with Crippen LogP contribution >= 0.6 is 35.6 Å². The highest BCUT2D eigenvalue weighted by Crippen LogP contribution is 2.32. The van der Waals surface area contributed by atoms with Crippen LogP contribution in [0.25, 0.3) is 0 Å². The lowest BCUT2D eigenvalue weighted by atomic mass is 10.1. The van der Waals surface area contributed by atoms with Crippen molar-refractivity contribution < 1.29 is 8.42 Å². The molecule has 3 rings (SSSR count). The Balaban J connectivity index is 0.00000280. The lowest BCUT2D eigenvalue weighted by Crippen LogP contribution is -2.43.